The summed E-state index contributed by atoms with van der Waals surface area (Å²) in [4.78, 5) is 32.8. The van der Waals surface area contributed by atoms with Crippen LogP contribution in [0.4, 0.5) is 0 Å². The lowest BCUT2D eigenvalue weighted by Gasteiger charge is -2.03. The number of carbonyl (C=O) groups excluding carboxylic acids is 2. The van der Waals surface area contributed by atoms with Crippen molar-refractivity contribution in [2.45, 2.75) is 12.8 Å². The van der Waals surface area contributed by atoms with Crippen molar-refractivity contribution in [2.24, 2.45) is 0 Å². The van der Waals surface area contributed by atoms with Crippen LogP contribution in [-0.4, -0.2) is 41.1 Å². The van der Waals surface area contributed by atoms with Gasteiger partial charge in [-0.05, 0) is 22.4 Å². The molecule has 3 N–H and O–H groups in total. The summed E-state index contributed by atoms with van der Waals surface area (Å²) in [6, 6.07) is 1.43. The number of carboxylic acids is 1. The lowest BCUT2D eigenvalue weighted by Crippen LogP contribution is -2.30. The topological polar surface area (TPSA) is 122 Å². The fourth-order valence-corrected chi connectivity index (χ4v) is 1.44. The first-order valence-corrected chi connectivity index (χ1v) is 6.17. The molecule has 0 radical (unpaired) electrons. The Morgan fingerprint density at radius 1 is 1.37 bits per heavy atom. The van der Waals surface area contributed by atoms with Gasteiger partial charge in [-0.2, -0.15) is 0 Å². The molecule has 0 aliphatic heterocycles. The number of halogens is 1. The van der Waals surface area contributed by atoms with Gasteiger partial charge in [0.05, 0.1) is 0 Å². The van der Waals surface area contributed by atoms with Gasteiger partial charge in [-0.3, -0.25) is 14.4 Å². The van der Waals surface area contributed by atoms with Gasteiger partial charge in [0.15, 0.2) is 0 Å². The minimum atomic E-state index is -1.10. The molecule has 1 rings (SSSR count). The lowest BCUT2D eigenvalue weighted by atomic mass is 10.3. The maximum atomic E-state index is 11.5. The summed E-state index contributed by atoms with van der Waals surface area (Å²) >= 11 is 3.04. The number of carbonyl (C=O) groups is 3. The van der Waals surface area contributed by atoms with E-state index in [1.807, 2.05) is 0 Å². The average Bonchev–Trinajstić information content (AvgIpc) is 2.78. The summed E-state index contributed by atoms with van der Waals surface area (Å²) in [7, 11) is 0. The van der Waals surface area contributed by atoms with Gasteiger partial charge in [0.25, 0.3) is 5.91 Å². The zero-order chi connectivity index (χ0) is 14.3. The highest BCUT2D eigenvalue weighted by Crippen LogP contribution is 2.09. The van der Waals surface area contributed by atoms with Gasteiger partial charge < -0.3 is 20.3 Å². The van der Waals surface area contributed by atoms with E-state index >= 15 is 0 Å². The van der Waals surface area contributed by atoms with E-state index in [-0.39, 0.29) is 24.6 Å². The van der Waals surface area contributed by atoms with Crippen LogP contribution >= 0.6 is 15.9 Å². The molecule has 0 saturated carbocycles. The first-order valence-electron chi connectivity index (χ1n) is 5.38. The number of nitrogens with one attached hydrogen (secondary N) is 2. The fraction of sp³-hybridized carbons (Fsp3) is 0.400. The molecular weight excluding hydrogens is 322 g/mol. The van der Waals surface area contributed by atoms with Gasteiger partial charge in [-0.15, -0.1) is 0 Å². The van der Waals surface area contributed by atoms with Crippen molar-refractivity contribution in [3.05, 3.63) is 16.4 Å². The van der Waals surface area contributed by atoms with Gasteiger partial charge in [0.2, 0.25) is 11.7 Å². The molecule has 0 aliphatic carbocycles. The molecule has 0 atom stereocenters. The number of amides is 2. The molecule has 0 aliphatic rings. The van der Waals surface area contributed by atoms with Crippen LogP contribution in [0.2, 0.25) is 0 Å². The number of hydrogen-bond acceptors (Lipinski definition) is 5. The van der Waals surface area contributed by atoms with Crippen molar-refractivity contribution in [1.29, 1.82) is 0 Å². The number of aromatic nitrogens is 1. The summed E-state index contributed by atoms with van der Waals surface area (Å²) in [6.45, 7) is -0.130. The molecule has 0 saturated heterocycles. The molecule has 19 heavy (non-hydrogen) atoms. The van der Waals surface area contributed by atoms with Crippen LogP contribution in [0.1, 0.15) is 23.4 Å². The van der Waals surface area contributed by atoms with E-state index in [2.05, 4.69) is 31.7 Å². The monoisotopic (exact) mass is 333 g/mol. The van der Waals surface area contributed by atoms with Crippen molar-refractivity contribution < 1.29 is 24.0 Å². The van der Waals surface area contributed by atoms with Crippen molar-refractivity contribution in [3.8, 4) is 0 Å². The highest BCUT2D eigenvalue weighted by molar-refractivity contribution is 9.10. The predicted octanol–water partition coefficient (Wildman–Crippen LogP) is 0.148. The Labute approximate surface area is 116 Å². The Bertz CT molecular complexity index is 473. The highest BCUT2D eigenvalue weighted by atomic mass is 79.9. The second-order valence-electron chi connectivity index (χ2n) is 3.54. The van der Waals surface area contributed by atoms with Crippen LogP contribution in [0, 0.1) is 0 Å². The smallest absolute Gasteiger partial charge is 0.322 e. The molecule has 1 aromatic heterocycles. The Balaban J connectivity index is 2.15. The van der Waals surface area contributed by atoms with Crippen molar-refractivity contribution in [2.75, 3.05) is 13.1 Å². The van der Waals surface area contributed by atoms with Crippen LogP contribution in [0.25, 0.3) is 0 Å². The predicted molar refractivity (Wildman–Crippen MR) is 66.4 cm³/mol. The molecule has 0 bridgehead atoms. The maximum absolute atomic E-state index is 11.5. The molecule has 104 valence electrons. The molecule has 1 heterocycles. The summed E-state index contributed by atoms with van der Waals surface area (Å²) in [6.07, 6.45) is 0.528. The summed E-state index contributed by atoms with van der Waals surface area (Å²) < 4.78 is 5.14. The van der Waals surface area contributed by atoms with Gasteiger partial charge in [-0.1, -0.05) is 5.16 Å². The Morgan fingerprint density at radius 2 is 2.11 bits per heavy atom. The van der Waals surface area contributed by atoms with Crippen molar-refractivity contribution >= 4 is 33.7 Å². The van der Waals surface area contributed by atoms with E-state index in [0.717, 1.165) is 0 Å². The molecule has 0 spiro atoms. The van der Waals surface area contributed by atoms with Crippen LogP contribution in [-0.2, 0) is 9.59 Å². The third-order valence-corrected chi connectivity index (χ3v) is 2.38. The molecular formula is C10H12BrN3O5. The van der Waals surface area contributed by atoms with E-state index in [1.165, 1.54) is 6.07 Å². The SMILES string of the molecule is O=C(O)CNC(=O)CCCNC(=O)c1cc(Br)no1. The van der Waals surface area contributed by atoms with E-state index in [1.54, 1.807) is 0 Å². The van der Waals surface area contributed by atoms with Crippen LogP contribution in [0.5, 0.6) is 0 Å². The maximum Gasteiger partial charge on any atom is 0.322 e. The second kappa shape index (κ2) is 7.52. The summed E-state index contributed by atoms with van der Waals surface area (Å²) in [5, 5.41) is 16.6. The minimum Gasteiger partial charge on any atom is -0.480 e. The first kappa shape index (κ1) is 15.2. The Kier molecular flexibility index (Phi) is 6.00. The van der Waals surface area contributed by atoms with E-state index in [0.29, 0.717) is 11.0 Å². The van der Waals surface area contributed by atoms with Crippen LogP contribution < -0.4 is 10.6 Å². The third kappa shape index (κ3) is 6.00. The largest absolute Gasteiger partial charge is 0.480 e. The third-order valence-electron chi connectivity index (χ3n) is 2.01. The van der Waals surface area contributed by atoms with Crippen LogP contribution in [0.15, 0.2) is 15.2 Å². The van der Waals surface area contributed by atoms with Gasteiger partial charge in [0.1, 0.15) is 11.1 Å². The quantitative estimate of drug-likeness (QED) is 0.610. The lowest BCUT2D eigenvalue weighted by molar-refractivity contribution is -0.137. The minimum absolute atomic E-state index is 0.0715. The summed E-state index contributed by atoms with van der Waals surface area (Å²) in [5.41, 5.74) is 0. The second-order valence-corrected chi connectivity index (χ2v) is 4.36. The molecule has 0 unspecified atom stereocenters. The standard InChI is InChI=1S/C10H12BrN3O5/c11-7-4-6(19-14-7)10(18)12-3-1-2-8(15)13-5-9(16)17/h4H,1-3,5H2,(H,12,18)(H,13,15)(H,16,17). The van der Waals surface area contributed by atoms with Gasteiger partial charge in [0, 0.05) is 19.0 Å². The molecule has 1 aromatic rings. The Hall–Kier alpha value is -1.90. The zero-order valence-corrected chi connectivity index (χ0v) is 11.4. The van der Waals surface area contributed by atoms with E-state index < -0.39 is 18.4 Å². The number of nitrogens with zero attached hydrogens (tertiary/aromatic N) is 1. The number of hydrogen-bond donors (Lipinski definition) is 3. The van der Waals surface area contributed by atoms with Crippen LogP contribution in [0.3, 0.4) is 0 Å². The van der Waals surface area contributed by atoms with Gasteiger partial charge >= 0.3 is 5.97 Å². The normalized spacial score (nSPS) is 9.95. The van der Waals surface area contributed by atoms with Crippen molar-refractivity contribution in [1.82, 2.24) is 15.8 Å². The molecule has 2 amide bonds. The first-order chi connectivity index (χ1) is 8.99. The zero-order valence-electron chi connectivity index (χ0n) is 9.81. The molecule has 0 fully saturated rings. The average molecular weight is 334 g/mol. The van der Waals surface area contributed by atoms with E-state index in [9.17, 15) is 14.4 Å². The molecule has 8 nitrogen and oxygen atoms in total. The number of rotatable bonds is 7. The van der Waals surface area contributed by atoms with Crippen molar-refractivity contribution in [3.63, 3.8) is 0 Å². The number of carboxylic acid groups (broad SMARTS) is 1. The Morgan fingerprint density at radius 3 is 2.68 bits per heavy atom. The fourth-order valence-electron chi connectivity index (χ4n) is 1.16. The number of aliphatic carboxylic acids is 1. The molecule has 0 aromatic carbocycles. The summed E-state index contributed by atoms with van der Waals surface area (Å²) in [5.74, 6) is -1.83. The van der Waals surface area contributed by atoms with E-state index in [4.69, 9.17) is 9.63 Å². The van der Waals surface area contributed by atoms with Gasteiger partial charge in [-0.25, -0.2) is 0 Å². The molecule has 9 heteroatoms. The highest BCUT2D eigenvalue weighted by Gasteiger charge is 2.11.